The Labute approximate surface area is 319 Å². The fourth-order valence-electron chi connectivity index (χ4n) is 8.10. The van der Waals surface area contributed by atoms with Gasteiger partial charge in [-0.15, -0.1) is 0 Å². The van der Waals surface area contributed by atoms with Crippen molar-refractivity contribution in [3.05, 3.63) is 34.9 Å². The van der Waals surface area contributed by atoms with Crippen molar-refractivity contribution in [1.29, 1.82) is 0 Å². The van der Waals surface area contributed by atoms with Crippen LogP contribution < -0.4 is 27.4 Å². The van der Waals surface area contributed by atoms with Gasteiger partial charge in [0, 0.05) is 42.7 Å². The van der Waals surface area contributed by atoms with Crippen LogP contribution in [0.2, 0.25) is 0 Å². The fraction of sp³-hybridized carbons (Fsp3) is 0.750. The van der Waals surface area contributed by atoms with E-state index in [1.165, 1.54) is 6.07 Å². The molecule has 0 aromatic carbocycles. The number of phosphoric ester groups is 1. The Hall–Kier alpha value is -2.97. The number of nitrogen functional groups attached to an aromatic ring is 1. The highest BCUT2D eigenvalue weighted by atomic mass is 31.2. The number of ether oxygens (including phenoxy) is 1. The van der Waals surface area contributed by atoms with Gasteiger partial charge in [-0.05, 0) is 56.9 Å². The Balaban J connectivity index is 1.15. The summed E-state index contributed by atoms with van der Waals surface area (Å²) >= 11 is 0. The molecule has 0 spiro atoms. The molecule has 56 heavy (non-hydrogen) atoms. The first-order chi connectivity index (χ1) is 26.5. The predicted octanol–water partition coefficient (Wildman–Crippen LogP) is -2.22. The zero-order chi connectivity index (χ0) is 40.9. The molecule has 10 atom stereocenters. The first-order valence-corrected chi connectivity index (χ1v) is 19.6. The van der Waals surface area contributed by atoms with Crippen LogP contribution in [0, 0.1) is 11.8 Å². The van der Waals surface area contributed by atoms with E-state index in [1.54, 1.807) is 0 Å². The average molecular weight is 823 g/mol. The molecular weight excluding hydrogens is 771 g/mol. The van der Waals surface area contributed by atoms with E-state index >= 15 is 0 Å². The summed E-state index contributed by atoms with van der Waals surface area (Å²) in [5, 5.41) is 80.4. The van der Waals surface area contributed by atoms with Crippen molar-refractivity contribution in [3.63, 3.8) is 0 Å². The third kappa shape index (κ3) is 10.2. The molecule has 1 amide bonds. The number of aliphatic hydroxyl groups excluding tert-OH is 4. The zero-order valence-electron chi connectivity index (χ0n) is 30.3. The molecule has 316 valence electrons. The maximum Gasteiger partial charge on any atom is 0.475 e. The van der Waals surface area contributed by atoms with Crippen molar-refractivity contribution in [2.75, 3.05) is 38.6 Å². The number of hydrogen-bond acceptors (Lipinski definition) is 19. The van der Waals surface area contributed by atoms with Crippen LogP contribution >= 0.6 is 7.82 Å². The summed E-state index contributed by atoms with van der Waals surface area (Å²) in [5.74, 6) is -6.15. The van der Waals surface area contributed by atoms with Gasteiger partial charge in [-0.1, -0.05) is 12.2 Å². The maximum absolute atomic E-state index is 13.0. The molecule has 1 aromatic heterocycles. The average Bonchev–Trinajstić information content (AvgIpc) is 3.44. The number of aliphatic hydroxyl groups is 4. The number of carboxylic acids is 1. The molecule has 13 N–H and O–H groups in total. The molecule has 4 bridgehead atoms. The normalized spacial score (nSPS) is 34.1. The van der Waals surface area contributed by atoms with Gasteiger partial charge in [-0.2, -0.15) is 9.87 Å². The fourth-order valence-corrected chi connectivity index (χ4v) is 9.04. The second kappa shape index (κ2) is 18.3. The largest absolute Gasteiger partial charge is 0.477 e. The summed E-state index contributed by atoms with van der Waals surface area (Å²) < 4.78 is 28.5. The quantitative estimate of drug-likeness (QED) is 0.0176. The van der Waals surface area contributed by atoms with Crippen LogP contribution in [0.1, 0.15) is 57.6 Å². The monoisotopic (exact) mass is 822 g/mol. The lowest BCUT2D eigenvalue weighted by Gasteiger charge is -2.53. The first-order valence-electron chi connectivity index (χ1n) is 18.1. The SMILES string of the molecule is Nc1ccn([C@@H]2O[C@H](COP(=O)(O)O[C@@](CC(O)CNC(=O)CNC34CCC(NCCOO)(CC3)CC3C=CC(CC3)C4O)(OO)C(=O)O)[C@H](O)[C@@H]2O)c(=O)n1. The smallest absolute Gasteiger partial charge is 0.475 e. The molecule has 0 radical (unpaired) electrons. The number of nitrogens with zero attached hydrogens (tertiary/aromatic N) is 2. The standard InChI is InChI=1S/C32H51N6O17P/c33-22-5-11-38(29(46)37-22)27-25(42)24(41)21(53-27)17-52-56(49,50)55-32(54-48,28(44)45)14-20(39)15-34-23(40)16-36-31-8-6-30(7-9-31,35-10-12-51-47)13-18-1-3-19(4-2-18)26(31)43/h1,3,5,11,18-21,24-27,35-36,39,41-43,47-48H,2,4,6-10,12-17H2,(H,34,40)(H,44,45)(H,49,50)(H2,33,37,46)/t18?,19?,20?,21-,24+,25+,26?,27-,30?,31?,32-/m1/s1. The van der Waals surface area contributed by atoms with E-state index in [2.05, 4.69) is 41.3 Å². The van der Waals surface area contributed by atoms with Gasteiger partial charge in [-0.25, -0.2) is 28.8 Å². The lowest BCUT2D eigenvalue weighted by Crippen LogP contribution is -2.65. The summed E-state index contributed by atoms with van der Waals surface area (Å²) in [4.78, 5) is 59.4. The Morgan fingerprint density at radius 2 is 1.86 bits per heavy atom. The molecule has 1 aliphatic heterocycles. The van der Waals surface area contributed by atoms with E-state index in [-0.39, 0.29) is 30.4 Å². The molecule has 1 aromatic rings. The lowest BCUT2D eigenvalue weighted by molar-refractivity contribution is -0.377. The molecule has 2 heterocycles. The zero-order valence-corrected chi connectivity index (χ0v) is 31.2. The molecule has 1 saturated heterocycles. The van der Waals surface area contributed by atoms with Crippen LogP contribution in [0.3, 0.4) is 0 Å². The molecule has 6 aliphatic carbocycles. The van der Waals surface area contributed by atoms with Crippen molar-refractivity contribution < 1.29 is 78.7 Å². The lowest BCUT2D eigenvalue weighted by atomic mass is 9.61. The van der Waals surface area contributed by atoms with Crippen molar-refractivity contribution in [3.8, 4) is 0 Å². The van der Waals surface area contributed by atoms with Crippen molar-refractivity contribution >= 4 is 25.5 Å². The summed E-state index contributed by atoms with van der Waals surface area (Å²) in [6, 6.07) is 1.21. The van der Waals surface area contributed by atoms with Crippen LogP contribution in [0.25, 0.3) is 0 Å². The number of carbonyl (C=O) groups is 2. The summed E-state index contributed by atoms with van der Waals surface area (Å²) in [5.41, 5.74) is 3.41. The minimum absolute atomic E-state index is 0.114. The van der Waals surface area contributed by atoms with Crippen LogP contribution in [0.4, 0.5) is 5.82 Å². The Kier molecular flexibility index (Phi) is 14.4. The Bertz CT molecular complexity index is 1660. The van der Waals surface area contributed by atoms with Gasteiger partial charge >= 0.3 is 25.3 Å². The molecular formula is C32H51N6O17P. The first kappa shape index (κ1) is 44.1. The van der Waals surface area contributed by atoms with Crippen molar-refractivity contribution in [2.24, 2.45) is 11.8 Å². The number of amides is 1. The molecule has 5 unspecified atom stereocenters. The van der Waals surface area contributed by atoms with Gasteiger partial charge in [0.2, 0.25) is 5.91 Å². The number of rotatable bonds is 19. The Morgan fingerprint density at radius 3 is 2.48 bits per heavy atom. The van der Waals surface area contributed by atoms with Gasteiger partial charge in [0.25, 0.3) is 0 Å². The molecule has 7 aliphatic rings. The van der Waals surface area contributed by atoms with Gasteiger partial charge < -0.3 is 56.8 Å². The van der Waals surface area contributed by atoms with Crippen LogP contribution in [-0.2, 0) is 37.7 Å². The molecule has 3 saturated carbocycles. The number of carbonyl (C=O) groups excluding carboxylic acids is 1. The van der Waals surface area contributed by atoms with Gasteiger partial charge in [0.15, 0.2) is 6.23 Å². The number of carboxylic acid groups (broad SMARTS) is 1. The van der Waals surface area contributed by atoms with E-state index in [0.29, 0.717) is 38.1 Å². The predicted molar refractivity (Wildman–Crippen MR) is 188 cm³/mol. The number of nitrogens with one attached hydrogen (secondary N) is 3. The van der Waals surface area contributed by atoms with E-state index < -0.39 is 93.0 Å². The minimum Gasteiger partial charge on any atom is -0.477 e. The van der Waals surface area contributed by atoms with E-state index in [9.17, 15) is 54.6 Å². The minimum atomic E-state index is -5.55. The Morgan fingerprint density at radius 1 is 1.12 bits per heavy atom. The maximum atomic E-state index is 13.0. The highest BCUT2D eigenvalue weighted by Gasteiger charge is 2.53. The number of anilines is 1. The highest BCUT2D eigenvalue weighted by molar-refractivity contribution is 7.47. The van der Waals surface area contributed by atoms with Crippen molar-refractivity contribution in [2.45, 2.75) is 105 Å². The van der Waals surface area contributed by atoms with Gasteiger partial charge in [0.1, 0.15) is 24.1 Å². The number of aromatic nitrogens is 2. The van der Waals surface area contributed by atoms with E-state index in [1.807, 2.05) is 6.08 Å². The number of aliphatic carboxylic acids is 1. The number of hydrogen-bond donors (Lipinski definition) is 12. The topological polar surface area (TPSA) is 356 Å². The summed E-state index contributed by atoms with van der Waals surface area (Å²) in [7, 11) is -5.55. The number of allylic oxidation sites excluding steroid dienone is 1. The van der Waals surface area contributed by atoms with Crippen LogP contribution in [0.15, 0.2) is 29.2 Å². The number of phosphoric acid groups is 1. The third-order valence-corrected chi connectivity index (χ3v) is 12.2. The molecule has 4 fully saturated rings. The van der Waals surface area contributed by atoms with Crippen molar-refractivity contribution in [1.82, 2.24) is 25.5 Å². The second-order valence-corrected chi connectivity index (χ2v) is 16.2. The number of nitrogens with two attached hydrogens (primary N) is 1. The summed E-state index contributed by atoms with van der Waals surface area (Å²) in [6.45, 7) is -1.41. The van der Waals surface area contributed by atoms with E-state index in [0.717, 1.165) is 30.0 Å². The summed E-state index contributed by atoms with van der Waals surface area (Å²) in [6.07, 6.45) is -0.328. The highest BCUT2D eigenvalue weighted by Crippen LogP contribution is 2.50. The molecule has 24 heteroatoms. The molecule has 8 rings (SSSR count). The molecule has 23 nitrogen and oxygen atoms in total. The van der Waals surface area contributed by atoms with Gasteiger partial charge in [0.05, 0.1) is 32.0 Å². The van der Waals surface area contributed by atoms with Gasteiger partial charge in [-0.3, -0.25) is 19.1 Å². The van der Waals surface area contributed by atoms with Crippen LogP contribution in [-0.4, -0.2) is 143 Å². The third-order valence-electron chi connectivity index (χ3n) is 11.2. The van der Waals surface area contributed by atoms with Crippen LogP contribution in [0.5, 0.6) is 0 Å². The second-order valence-electron chi connectivity index (χ2n) is 14.8. The van der Waals surface area contributed by atoms with E-state index in [4.69, 9.17) is 20.3 Å².